The lowest BCUT2D eigenvalue weighted by Crippen LogP contribution is -2.41. The molecule has 2 atom stereocenters. The minimum Gasteiger partial charge on any atom is -0.347 e. The molecule has 0 aliphatic heterocycles. The van der Waals surface area contributed by atoms with Crippen LogP contribution in [-0.4, -0.2) is 48.8 Å². The van der Waals surface area contributed by atoms with Gasteiger partial charge in [0.1, 0.15) is 0 Å². The van der Waals surface area contributed by atoms with Crippen molar-refractivity contribution in [1.82, 2.24) is 9.80 Å². The maximum atomic E-state index is 12.5. The summed E-state index contributed by atoms with van der Waals surface area (Å²) in [6.45, 7) is 2.66. The fraction of sp³-hybridized carbons (Fsp3) is 0.500. The molecule has 0 radical (unpaired) electrons. The molecular formula is C16H21BrN2O2. The summed E-state index contributed by atoms with van der Waals surface area (Å²) in [5, 5.41) is 0. The molecule has 4 nitrogen and oxygen atoms in total. The van der Waals surface area contributed by atoms with E-state index in [4.69, 9.17) is 0 Å². The van der Waals surface area contributed by atoms with Gasteiger partial charge in [0.05, 0.1) is 6.54 Å². The number of amides is 2. The largest absolute Gasteiger partial charge is 0.347 e. The number of benzene rings is 1. The Labute approximate surface area is 134 Å². The topological polar surface area (TPSA) is 40.6 Å². The van der Waals surface area contributed by atoms with E-state index in [2.05, 4.69) is 28.1 Å². The summed E-state index contributed by atoms with van der Waals surface area (Å²) in [5.41, 5.74) is 1.20. The molecule has 0 unspecified atom stereocenters. The van der Waals surface area contributed by atoms with Crippen molar-refractivity contribution in [2.24, 2.45) is 5.92 Å². The van der Waals surface area contributed by atoms with E-state index in [1.807, 2.05) is 19.1 Å². The van der Waals surface area contributed by atoms with Crippen LogP contribution in [0.1, 0.15) is 24.8 Å². The van der Waals surface area contributed by atoms with E-state index >= 15 is 0 Å². The van der Waals surface area contributed by atoms with Gasteiger partial charge in [-0.15, -0.1) is 0 Å². The van der Waals surface area contributed by atoms with Crippen molar-refractivity contribution in [2.45, 2.75) is 19.3 Å². The Bertz CT molecular complexity index is 528. The molecule has 1 aromatic rings. The number of nitrogens with zero attached hydrogens (tertiary/aromatic N) is 2. The molecule has 0 heterocycles. The molecule has 1 saturated carbocycles. The van der Waals surface area contributed by atoms with Crippen molar-refractivity contribution < 1.29 is 9.59 Å². The van der Waals surface area contributed by atoms with Gasteiger partial charge >= 0.3 is 0 Å². The molecule has 0 N–H and O–H groups in total. The first kappa shape index (κ1) is 16.0. The van der Waals surface area contributed by atoms with Crippen molar-refractivity contribution in [3.8, 4) is 0 Å². The van der Waals surface area contributed by atoms with Crippen molar-refractivity contribution in [3.05, 3.63) is 34.3 Å². The average Bonchev–Trinajstić information content (AvgIpc) is 3.24. The van der Waals surface area contributed by atoms with Gasteiger partial charge < -0.3 is 9.80 Å². The first-order valence-corrected chi connectivity index (χ1v) is 7.97. The Morgan fingerprint density at radius 1 is 1.24 bits per heavy atom. The fourth-order valence-electron chi connectivity index (χ4n) is 2.43. The number of carbonyl (C=O) groups is 2. The van der Waals surface area contributed by atoms with E-state index in [0.717, 1.165) is 10.9 Å². The second-order valence-electron chi connectivity index (χ2n) is 5.64. The summed E-state index contributed by atoms with van der Waals surface area (Å²) in [6, 6.07) is 8.12. The van der Waals surface area contributed by atoms with Gasteiger partial charge in [-0.25, -0.2) is 0 Å². The zero-order valence-electron chi connectivity index (χ0n) is 12.7. The van der Waals surface area contributed by atoms with Crippen LogP contribution in [0.4, 0.5) is 0 Å². The number of hydrogen-bond donors (Lipinski definition) is 0. The van der Waals surface area contributed by atoms with Gasteiger partial charge in [-0.1, -0.05) is 28.1 Å². The maximum absolute atomic E-state index is 12.5. The molecule has 0 saturated heterocycles. The number of rotatable bonds is 5. The smallest absolute Gasteiger partial charge is 0.241 e. The Morgan fingerprint density at radius 3 is 2.38 bits per heavy atom. The van der Waals surface area contributed by atoms with Crippen LogP contribution in [0.3, 0.4) is 0 Å². The Kier molecular flexibility index (Phi) is 5.04. The SMILES string of the molecule is CCN(CC(=O)N(C)C)C(=O)[C@@H]1C[C@H]1c1ccc(Br)cc1. The van der Waals surface area contributed by atoms with Gasteiger partial charge in [0.2, 0.25) is 11.8 Å². The minimum absolute atomic E-state index is 0.0288. The third kappa shape index (κ3) is 3.84. The van der Waals surface area contributed by atoms with Gasteiger partial charge in [0.25, 0.3) is 0 Å². The molecule has 21 heavy (non-hydrogen) atoms. The molecular weight excluding hydrogens is 332 g/mol. The zero-order valence-corrected chi connectivity index (χ0v) is 14.3. The molecule has 114 valence electrons. The number of halogens is 1. The molecule has 1 fully saturated rings. The summed E-state index contributed by atoms with van der Waals surface area (Å²) in [7, 11) is 3.42. The highest BCUT2D eigenvalue weighted by atomic mass is 79.9. The van der Waals surface area contributed by atoms with Crippen molar-refractivity contribution in [2.75, 3.05) is 27.2 Å². The quantitative estimate of drug-likeness (QED) is 0.816. The predicted octanol–water partition coefficient (Wildman–Crippen LogP) is 2.49. The summed E-state index contributed by atoms with van der Waals surface area (Å²) in [5.74, 6) is 0.391. The first-order valence-electron chi connectivity index (χ1n) is 7.18. The lowest BCUT2D eigenvalue weighted by molar-refractivity contribution is -0.139. The number of carbonyl (C=O) groups excluding carboxylic acids is 2. The van der Waals surface area contributed by atoms with Gasteiger partial charge in [0, 0.05) is 31.0 Å². The molecule has 1 aromatic carbocycles. The Balaban J connectivity index is 1.97. The van der Waals surface area contributed by atoms with Gasteiger partial charge in [0.15, 0.2) is 0 Å². The fourth-order valence-corrected chi connectivity index (χ4v) is 2.70. The van der Waals surface area contributed by atoms with Crippen LogP contribution >= 0.6 is 15.9 Å². The lowest BCUT2D eigenvalue weighted by Gasteiger charge is -2.22. The highest BCUT2D eigenvalue weighted by Gasteiger charge is 2.45. The normalized spacial score (nSPS) is 20.0. The highest BCUT2D eigenvalue weighted by molar-refractivity contribution is 9.10. The zero-order chi connectivity index (χ0) is 15.6. The van der Waals surface area contributed by atoms with Crippen molar-refractivity contribution in [3.63, 3.8) is 0 Å². The van der Waals surface area contributed by atoms with E-state index in [1.165, 1.54) is 10.5 Å². The number of hydrogen-bond acceptors (Lipinski definition) is 2. The van der Waals surface area contributed by atoms with Crippen LogP contribution in [-0.2, 0) is 9.59 Å². The van der Waals surface area contributed by atoms with Gasteiger partial charge in [-0.05, 0) is 37.0 Å². The predicted molar refractivity (Wildman–Crippen MR) is 85.9 cm³/mol. The molecule has 1 aliphatic rings. The monoisotopic (exact) mass is 352 g/mol. The summed E-state index contributed by atoms with van der Waals surface area (Å²) in [4.78, 5) is 27.4. The van der Waals surface area contributed by atoms with Crippen LogP contribution in [0, 0.1) is 5.92 Å². The second kappa shape index (κ2) is 6.60. The van der Waals surface area contributed by atoms with Gasteiger partial charge in [-0.2, -0.15) is 0 Å². The summed E-state index contributed by atoms with van der Waals surface area (Å²) < 4.78 is 1.04. The van der Waals surface area contributed by atoms with Crippen LogP contribution in [0.25, 0.3) is 0 Å². The third-order valence-corrected chi connectivity index (χ3v) is 4.45. The van der Waals surface area contributed by atoms with Crippen LogP contribution in [0.2, 0.25) is 0 Å². The van der Waals surface area contributed by atoms with Crippen LogP contribution < -0.4 is 0 Å². The lowest BCUT2D eigenvalue weighted by atomic mass is 10.1. The summed E-state index contributed by atoms with van der Waals surface area (Å²) in [6.07, 6.45) is 0.882. The Morgan fingerprint density at radius 2 is 1.86 bits per heavy atom. The molecule has 2 amide bonds. The minimum atomic E-state index is -0.0361. The third-order valence-electron chi connectivity index (χ3n) is 3.92. The number of likely N-dealkylation sites (N-methyl/N-ethyl adjacent to an activating group) is 2. The van der Waals surface area contributed by atoms with E-state index in [0.29, 0.717) is 12.5 Å². The summed E-state index contributed by atoms with van der Waals surface area (Å²) >= 11 is 3.42. The Hall–Kier alpha value is -1.36. The molecule has 0 bridgehead atoms. The van der Waals surface area contributed by atoms with Crippen LogP contribution in [0.15, 0.2) is 28.7 Å². The molecule has 0 spiro atoms. The molecule has 2 rings (SSSR count). The second-order valence-corrected chi connectivity index (χ2v) is 6.56. The molecule has 5 heteroatoms. The molecule has 1 aliphatic carbocycles. The van der Waals surface area contributed by atoms with E-state index in [1.54, 1.807) is 19.0 Å². The standard InChI is InChI=1S/C16H21BrN2O2/c1-4-19(10-15(20)18(2)3)16(21)14-9-13(14)11-5-7-12(17)8-6-11/h5-8,13-14H,4,9-10H2,1-3H3/t13-,14+/m0/s1. The van der Waals surface area contributed by atoms with Crippen LogP contribution in [0.5, 0.6) is 0 Å². The van der Waals surface area contributed by atoms with E-state index in [9.17, 15) is 9.59 Å². The van der Waals surface area contributed by atoms with Crippen molar-refractivity contribution in [1.29, 1.82) is 0 Å². The van der Waals surface area contributed by atoms with E-state index in [-0.39, 0.29) is 24.3 Å². The maximum Gasteiger partial charge on any atom is 0.241 e. The average molecular weight is 353 g/mol. The van der Waals surface area contributed by atoms with Gasteiger partial charge in [-0.3, -0.25) is 9.59 Å². The van der Waals surface area contributed by atoms with Crippen molar-refractivity contribution >= 4 is 27.7 Å². The molecule has 0 aromatic heterocycles. The van der Waals surface area contributed by atoms with E-state index < -0.39 is 0 Å². The first-order chi connectivity index (χ1) is 9.93. The highest BCUT2D eigenvalue weighted by Crippen LogP contribution is 2.48.